The van der Waals surface area contributed by atoms with E-state index in [2.05, 4.69) is 5.32 Å². The number of amides is 2. The van der Waals surface area contributed by atoms with E-state index in [0.717, 1.165) is 16.2 Å². The standard InChI is InChI=1S/C12H15N3O2/c1-7-3-4-8(13)5-9(7)14-10-6-11(16)15(2)12(10)17/h3-5,10,14H,6,13H2,1-2H3. The molecule has 90 valence electrons. The highest BCUT2D eigenvalue weighted by Crippen LogP contribution is 2.22. The van der Waals surface area contributed by atoms with Gasteiger partial charge in [0.2, 0.25) is 5.91 Å². The number of benzene rings is 1. The van der Waals surface area contributed by atoms with Gasteiger partial charge in [0, 0.05) is 18.4 Å². The van der Waals surface area contributed by atoms with E-state index in [1.54, 1.807) is 12.1 Å². The number of rotatable bonds is 2. The molecule has 0 aliphatic carbocycles. The van der Waals surface area contributed by atoms with E-state index in [1.165, 1.54) is 7.05 Å². The molecule has 17 heavy (non-hydrogen) atoms. The molecule has 2 rings (SSSR count). The second-order valence-electron chi connectivity index (χ2n) is 4.27. The topological polar surface area (TPSA) is 75.4 Å². The van der Waals surface area contributed by atoms with Crippen LogP contribution < -0.4 is 11.1 Å². The maximum Gasteiger partial charge on any atom is 0.251 e. The molecule has 2 amide bonds. The second kappa shape index (κ2) is 4.08. The molecule has 3 N–H and O–H groups in total. The van der Waals surface area contributed by atoms with Crippen LogP contribution in [0.3, 0.4) is 0 Å². The summed E-state index contributed by atoms with van der Waals surface area (Å²) in [6.45, 7) is 1.92. The van der Waals surface area contributed by atoms with E-state index in [0.29, 0.717) is 5.69 Å². The highest BCUT2D eigenvalue weighted by atomic mass is 16.2. The zero-order valence-corrected chi connectivity index (χ0v) is 9.86. The van der Waals surface area contributed by atoms with E-state index in [4.69, 9.17) is 5.73 Å². The summed E-state index contributed by atoms with van der Waals surface area (Å²) < 4.78 is 0. The first-order chi connectivity index (χ1) is 7.99. The Kier molecular flexibility index (Phi) is 2.75. The summed E-state index contributed by atoms with van der Waals surface area (Å²) in [5, 5.41) is 3.07. The van der Waals surface area contributed by atoms with Crippen molar-refractivity contribution in [3.05, 3.63) is 23.8 Å². The average molecular weight is 233 g/mol. The molecule has 1 heterocycles. The number of nitrogens with one attached hydrogen (secondary N) is 1. The van der Waals surface area contributed by atoms with Crippen LogP contribution in [-0.2, 0) is 9.59 Å². The van der Waals surface area contributed by atoms with Gasteiger partial charge in [0.15, 0.2) is 0 Å². The summed E-state index contributed by atoms with van der Waals surface area (Å²) in [7, 11) is 1.50. The molecule has 1 aromatic carbocycles. The minimum absolute atomic E-state index is 0.158. The predicted octanol–water partition coefficient (Wildman–Crippen LogP) is 0.746. The first-order valence-electron chi connectivity index (χ1n) is 5.42. The fourth-order valence-corrected chi connectivity index (χ4v) is 1.85. The molecular weight excluding hydrogens is 218 g/mol. The number of carbonyl (C=O) groups is 2. The van der Waals surface area contributed by atoms with Crippen LogP contribution in [0.1, 0.15) is 12.0 Å². The number of hydrogen-bond donors (Lipinski definition) is 2. The highest BCUT2D eigenvalue weighted by Gasteiger charge is 2.36. The molecule has 0 saturated carbocycles. The quantitative estimate of drug-likeness (QED) is 0.583. The number of nitrogens with two attached hydrogens (primary N) is 1. The molecule has 1 atom stereocenters. The summed E-state index contributed by atoms with van der Waals surface area (Å²) in [4.78, 5) is 24.3. The van der Waals surface area contributed by atoms with Crippen LogP contribution in [0.5, 0.6) is 0 Å². The van der Waals surface area contributed by atoms with Gasteiger partial charge in [-0.3, -0.25) is 14.5 Å². The first-order valence-corrected chi connectivity index (χ1v) is 5.42. The van der Waals surface area contributed by atoms with Crippen molar-refractivity contribution in [3.63, 3.8) is 0 Å². The number of likely N-dealkylation sites (tertiary alicyclic amines) is 1. The van der Waals surface area contributed by atoms with Gasteiger partial charge in [-0.15, -0.1) is 0 Å². The molecule has 0 aromatic heterocycles. The SMILES string of the molecule is Cc1ccc(N)cc1NC1CC(=O)N(C)C1=O. The minimum atomic E-state index is -0.479. The van der Waals surface area contributed by atoms with Crippen molar-refractivity contribution in [1.82, 2.24) is 4.90 Å². The number of nitrogen functional groups attached to an aromatic ring is 1. The van der Waals surface area contributed by atoms with Crippen LogP contribution in [0.4, 0.5) is 11.4 Å². The number of likely N-dealkylation sites (N-methyl/N-ethyl adjacent to an activating group) is 1. The van der Waals surface area contributed by atoms with Crippen molar-refractivity contribution in [2.75, 3.05) is 18.1 Å². The molecule has 1 unspecified atom stereocenters. The van der Waals surface area contributed by atoms with Crippen LogP contribution in [-0.4, -0.2) is 29.8 Å². The molecular formula is C12H15N3O2. The first kappa shape index (κ1) is 11.4. The van der Waals surface area contributed by atoms with Crippen molar-refractivity contribution in [3.8, 4) is 0 Å². The van der Waals surface area contributed by atoms with Gasteiger partial charge >= 0.3 is 0 Å². The molecule has 5 heteroatoms. The van der Waals surface area contributed by atoms with Gasteiger partial charge in [0.1, 0.15) is 6.04 Å². The number of hydrogen-bond acceptors (Lipinski definition) is 4. The van der Waals surface area contributed by atoms with Crippen molar-refractivity contribution in [2.45, 2.75) is 19.4 Å². The average Bonchev–Trinajstić information content (AvgIpc) is 2.52. The lowest BCUT2D eigenvalue weighted by Gasteiger charge is -2.14. The Labute approximate surface area is 99.6 Å². The van der Waals surface area contributed by atoms with Crippen LogP contribution >= 0.6 is 0 Å². The van der Waals surface area contributed by atoms with Crippen molar-refractivity contribution >= 4 is 23.2 Å². The van der Waals surface area contributed by atoms with Crippen LogP contribution in [0.2, 0.25) is 0 Å². The van der Waals surface area contributed by atoms with Gasteiger partial charge in [-0.25, -0.2) is 0 Å². The number of carbonyl (C=O) groups excluding carboxylic acids is 2. The normalized spacial score (nSPS) is 19.9. The molecule has 1 aliphatic rings. The van der Waals surface area contributed by atoms with Crippen LogP contribution in [0.25, 0.3) is 0 Å². The number of anilines is 2. The summed E-state index contributed by atoms with van der Waals surface area (Å²) in [6.07, 6.45) is 0.198. The summed E-state index contributed by atoms with van der Waals surface area (Å²) in [5.41, 5.74) is 8.11. The van der Waals surface area contributed by atoms with Crippen LogP contribution in [0.15, 0.2) is 18.2 Å². The predicted molar refractivity (Wildman–Crippen MR) is 65.4 cm³/mol. The molecule has 0 spiro atoms. The van der Waals surface area contributed by atoms with Gasteiger partial charge < -0.3 is 11.1 Å². The summed E-state index contributed by atoms with van der Waals surface area (Å²) in [5.74, 6) is -0.356. The third kappa shape index (κ3) is 2.08. The fraction of sp³-hybridized carbons (Fsp3) is 0.333. The lowest BCUT2D eigenvalue weighted by molar-refractivity contribution is -0.136. The molecule has 0 radical (unpaired) electrons. The van der Waals surface area contributed by atoms with Gasteiger partial charge in [-0.05, 0) is 24.6 Å². The van der Waals surface area contributed by atoms with Gasteiger partial charge in [0.25, 0.3) is 5.91 Å². The Balaban J connectivity index is 2.19. The van der Waals surface area contributed by atoms with E-state index in [9.17, 15) is 9.59 Å². The fourth-order valence-electron chi connectivity index (χ4n) is 1.85. The molecule has 1 saturated heterocycles. The Morgan fingerprint density at radius 2 is 2.12 bits per heavy atom. The maximum atomic E-state index is 11.7. The molecule has 0 bridgehead atoms. The van der Waals surface area contributed by atoms with Crippen LogP contribution in [0, 0.1) is 6.92 Å². The minimum Gasteiger partial charge on any atom is -0.399 e. The number of imide groups is 1. The van der Waals surface area contributed by atoms with Crippen molar-refractivity contribution in [2.24, 2.45) is 0 Å². The van der Waals surface area contributed by atoms with E-state index >= 15 is 0 Å². The zero-order valence-electron chi connectivity index (χ0n) is 9.86. The summed E-state index contributed by atoms with van der Waals surface area (Å²) >= 11 is 0. The molecule has 1 aromatic rings. The summed E-state index contributed by atoms with van der Waals surface area (Å²) in [6, 6.07) is 4.97. The monoisotopic (exact) mass is 233 g/mol. The smallest absolute Gasteiger partial charge is 0.251 e. The van der Waals surface area contributed by atoms with Gasteiger partial charge in [-0.1, -0.05) is 6.07 Å². The van der Waals surface area contributed by atoms with E-state index in [1.807, 2.05) is 13.0 Å². The van der Waals surface area contributed by atoms with Crippen molar-refractivity contribution < 1.29 is 9.59 Å². The zero-order chi connectivity index (χ0) is 12.6. The highest BCUT2D eigenvalue weighted by molar-refractivity contribution is 6.06. The van der Waals surface area contributed by atoms with E-state index < -0.39 is 6.04 Å². The molecule has 5 nitrogen and oxygen atoms in total. The Morgan fingerprint density at radius 3 is 2.71 bits per heavy atom. The largest absolute Gasteiger partial charge is 0.399 e. The second-order valence-corrected chi connectivity index (χ2v) is 4.27. The Hall–Kier alpha value is -2.04. The Morgan fingerprint density at radius 1 is 1.41 bits per heavy atom. The number of aryl methyl sites for hydroxylation is 1. The Bertz CT molecular complexity index is 485. The third-order valence-corrected chi connectivity index (χ3v) is 2.97. The van der Waals surface area contributed by atoms with Crippen molar-refractivity contribution in [1.29, 1.82) is 0 Å². The maximum absolute atomic E-state index is 11.7. The molecule has 1 aliphatic heterocycles. The molecule has 1 fully saturated rings. The third-order valence-electron chi connectivity index (χ3n) is 2.97. The van der Waals surface area contributed by atoms with Gasteiger partial charge in [-0.2, -0.15) is 0 Å². The lowest BCUT2D eigenvalue weighted by Crippen LogP contribution is -2.32. The number of nitrogens with zero attached hydrogens (tertiary/aromatic N) is 1. The lowest BCUT2D eigenvalue weighted by atomic mass is 10.1. The van der Waals surface area contributed by atoms with E-state index in [-0.39, 0.29) is 18.2 Å². The van der Waals surface area contributed by atoms with Gasteiger partial charge in [0.05, 0.1) is 6.42 Å².